The zero-order chi connectivity index (χ0) is 15.2. The summed E-state index contributed by atoms with van der Waals surface area (Å²) in [5, 5.41) is 2.55. The highest BCUT2D eigenvalue weighted by molar-refractivity contribution is 7.90. The van der Waals surface area contributed by atoms with E-state index in [1.165, 1.54) is 12.1 Å². The fraction of sp³-hybridized carbons (Fsp3) is 0.0667. The molecule has 21 heavy (non-hydrogen) atoms. The fourth-order valence-corrected chi connectivity index (χ4v) is 2.92. The van der Waals surface area contributed by atoms with Gasteiger partial charge in [0.05, 0.1) is 16.1 Å². The number of ketones is 1. The van der Waals surface area contributed by atoms with Crippen molar-refractivity contribution in [3.63, 3.8) is 0 Å². The van der Waals surface area contributed by atoms with Crippen LogP contribution in [0.5, 0.6) is 0 Å². The topological polar surface area (TPSA) is 80.3 Å². The van der Waals surface area contributed by atoms with Gasteiger partial charge in [0.15, 0.2) is 9.84 Å². The molecule has 2 aromatic carbocycles. The molecule has 2 aromatic rings. The van der Waals surface area contributed by atoms with E-state index >= 15 is 0 Å². The van der Waals surface area contributed by atoms with Gasteiger partial charge in [-0.25, -0.2) is 8.42 Å². The van der Waals surface area contributed by atoms with Crippen LogP contribution in [0.2, 0.25) is 0 Å². The number of anilines is 1. The van der Waals surface area contributed by atoms with Crippen LogP contribution in [0.25, 0.3) is 11.1 Å². The van der Waals surface area contributed by atoms with E-state index in [1.807, 2.05) is 0 Å². The zero-order valence-corrected chi connectivity index (χ0v) is 11.9. The molecule has 1 N–H and O–H groups in total. The Hall–Kier alpha value is -2.47. The summed E-state index contributed by atoms with van der Waals surface area (Å²) in [6.45, 7) is 0. The first-order chi connectivity index (χ1) is 9.88. The molecule has 1 heterocycles. The second-order valence-corrected chi connectivity index (χ2v) is 6.82. The number of amides is 1. The van der Waals surface area contributed by atoms with Crippen LogP contribution in [0.1, 0.15) is 10.4 Å². The third kappa shape index (κ3) is 2.23. The maximum Gasteiger partial charge on any atom is 0.296 e. The van der Waals surface area contributed by atoms with E-state index in [0.717, 1.165) is 11.8 Å². The number of para-hydroxylation sites is 1. The fourth-order valence-electron chi connectivity index (χ4n) is 2.29. The first-order valence-electron chi connectivity index (χ1n) is 6.17. The van der Waals surface area contributed by atoms with E-state index in [4.69, 9.17) is 0 Å². The molecule has 106 valence electrons. The molecule has 0 fully saturated rings. The predicted molar refractivity (Wildman–Crippen MR) is 77.9 cm³/mol. The minimum absolute atomic E-state index is 0.221. The van der Waals surface area contributed by atoms with Crippen molar-refractivity contribution in [2.75, 3.05) is 11.6 Å². The van der Waals surface area contributed by atoms with E-state index in [-0.39, 0.29) is 4.90 Å². The number of nitrogens with one attached hydrogen (secondary N) is 1. The molecule has 1 aliphatic heterocycles. The summed E-state index contributed by atoms with van der Waals surface area (Å²) < 4.78 is 22.9. The zero-order valence-electron chi connectivity index (χ0n) is 11.1. The lowest BCUT2D eigenvalue weighted by molar-refractivity contribution is -0.112. The average Bonchev–Trinajstić information content (AvgIpc) is 2.74. The lowest BCUT2D eigenvalue weighted by atomic mass is 10.0. The number of rotatable bonds is 2. The first-order valence-corrected chi connectivity index (χ1v) is 8.06. The van der Waals surface area contributed by atoms with Gasteiger partial charge in [-0.15, -0.1) is 0 Å². The van der Waals surface area contributed by atoms with E-state index in [0.29, 0.717) is 16.8 Å². The lowest BCUT2D eigenvalue weighted by Gasteiger charge is -2.08. The average molecular weight is 301 g/mol. The quantitative estimate of drug-likeness (QED) is 0.859. The number of hydrogen-bond acceptors (Lipinski definition) is 4. The van der Waals surface area contributed by atoms with E-state index in [1.54, 1.807) is 30.3 Å². The number of sulfone groups is 1. The molecule has 0 aromatic heterocycles. The summed E-state index contributed by atoms with van der Waals surface area (Å²) in [6.07, 6.45) is 1.14. The maximum absolute atomic E-state index is 11.7. The van der Waals surface area contributed by atoms with Gasteiger partial charge in [0, 0.05) is 11.8 Å². The Kier molecular flexibility index (Phi) is 2.91. The van der Waals surface area contributed by atoms with Crippen LogP contribution in [0, 0.1) is 0 Å². The Morgan fingerprint density at radius 2 is 1.52 bits per heavy atom. The summed E-state index contributed by atoms with van der Waals surface area (Å²) in [4.78, 5) is 23.4. The Labute approximate surface area is 121 Å². The number of carbonyl (C=O) groups is 2. The van der Waals surface area contributed by atoms with Crippen LogP contribution in [0.4, 0.5) is 5.69 Å². The number of fused-ring (bicyclic) bond motifs is 1. The normalized spacial score (nSPS) is 14.0. The molecule has 5 nitrogen and oxygen atoms in total. The van der Waals surface area contributed by atoms with Crippen LogP contribution < -0.4 is 5.32 Å². The van der Waals surface area contributed by atoms with Crippen LogP contribution >= 0.6 is 0 Å². The second kappa shape index (κ2) is 4.53. The standard InChI is InChI=1S/C15H11NO4S/c1-21(19,20)10-7-5-9(6-8-10)11-3-2-4-12-13(11)16-15(18)14(12)17/h2-8H,1H3,(H,16,17,18). The molecule has 1 aliphatic rings. The maximum atomic E-state index is 11.7. The van der Waals surface area contributed by atoms with Gasteiger partial charge < -0.3 is 5.32 Å². The number of carbonyl (C=O) groups excluding carboxylic acids is 2. The van der Waals surface area contributed by atoms with Gasteiger partial charge in [0.2, 0.25) is 0 Å². The Balaban J connectivity index is 2.11. The Bertz CT molecular complexity index is 867. The Morgan fingerprint density at radius 1 is 0.905 bits per heavy atom. The van der Waals surface area contributed by atoms with Crippen LogP contribution in [0.3, 0.4) is 0 Å². The minimum atomic E-state index is -3.25. The van der Waals surface area contributed by atoms with Crippen molar-refractivity contribution in [3.05, 3.63) is 48.0 Å². The molecule has 0 spiro atoms. The summed E-state index contributed by atoms with van der Waals surface area (Å²) in [5.41, 5.74) is 2.23. The van der Waals surface area contributed by atoms with Gasteiger partial charge in [-0.3, -0.25) is 9.59 Å². The van der Waals surface area contributed by atoms with E-state index < -0.39 is 21.5 Å². The Morgan fingerprint density at radius 3 is 2.14 bits per heavy atom. The summed E-state index contributed by atoms with van der Waals surface area (Å²) in [7, 11) is -3.25. The molecule has 3 rings (SSSR count). The molecule has 1 amide bonds. The van der Waals surface area contributed by atoms with Gasteiger partial charge in [-0.05, 0) is 23.8 Å². The summed E-state index contributed by atoms with van der Waals surface area (Å²) in [6, 6.07) is 11.4. The molecule has 0 atom stereocenters. The third-order valence-electron chi connectivity index (χ3n) is 3.35. The second-order valence-electron chi connectivity index (χ2n) is 4.81. The predicted octanol–water partition coefficient (Wildman–Crippen LogP) is 1.89. The molecule has 0 radical (unpaired) electrons. The van der Waals surface area contributed by atoms with Gasteiger partial charge in [0.25, 0.3) is 11.7 Å². The van der Waals surface area contributed by atoms with Crippen LogP contribution in [-0.2, 0) is 14.6 Å². The van der Waals surface area contributed by atoms with E-state index in [9.17, 15) is 18.0 Å². The summed E-state index contributed by atoms with van der Waals surface area (Å²) >= 11 is 0. The van der Waals surface area contributed by atoms with Crippen molar-refractivity contribution < 1.29 is 18.0 Å². The van der Waals surface area contributed by atoms with Crippen molar-refractivity contribution in [2.24, 2.45) is 0 Å². The van der Waals surface area contributed by atoms with Crippen LogP contribution in [0.15, 0.2) is 47.4 Å². The van der Waals surface area contributed by atoms with Gasteiger partial charge in [-0.1, -0.05) is 24.3 Å². The van der Waals surface area contributed by atoms with Gasteiger partial charge >= 0.3 is 0 Å². The molecule has 0 saturated heterocycles. The highest BCUT2D eigenvalue weighted by Gasteiger charge is 2.29. The van der Waals surface area contributed by atoms with Crippen molar-refractivity contribution >= 4 is 27.2 Å². The molecule has 0 aliphatic carbocycles. The van der Waals surface area contributed by atoms with Crippen LogP contribution in [-0.4, -0.2) is 26.4 Å². The van der Waals surface area contributed by atoms with Gasteiger partial charge in [-0.2, -0.15) is 0 Å². The smallest absolute Gasteiger partial charge is 0.296 e. The number of hydrogen-bond donors (Lipinski definition) is 1. The lowest BCUT2D eigenvalue weighted by Crippen LogP contribution is -2.12. The summed E-state index contributed by atoms with van der Waals surface area (Å²) in [5.74, 6) is -1.20. The molecule has 0 bridgehead atoms. The van der Waals surface area contributed by atoms with Crippen molar-refractivity contribution in [1.29, 1.82) is 0 Å². The molecule has 0 saturated carbocycles. The largest absolute Gasteiger partial charge is 0.318 e. The minimum Gasteiger partial charge on any atom is -0.318 e. The highest BCUT2D eigenvalue weighted by atomic mass is 32.2. The molecule has 0 unspecified atom stereocenters. The monoisotopic (exact) mass is 301 g/mol. The molecular formula is C15H11NO4S. The van der Waals surface area contributed by atoms with E-state index in [2.05, 4.69) is 5.32 Å². The third-order valence-corrected chi connectivity index (χ3v) is 4.48. The number of benzene rings is 2. The van der Waals surface area contributed by atoms with Crippen molar-refractivity contribution in [3.8, 4) is 11.1 Å². The van der Waals surface area contributed by atoms with Gasteiger partial charge in [0.1, 0.15) is 0 Å². The van der Waals surface area contributed by atoms with Crippen molar-refractivity contribution in [2.45, 2.75) is 4.90 Å². The van der Waals surface area contributed by atoms with Crippen molar-refractivity contribution in [1.82, 2.24) is 0 Å². The SMILES string of the molecule is CS(=O)(=O)c1ccc(-c2cccc3c2NC(=O)C3=O)cc1. The molecule has 6 heteroatoms. The first kappa shape index (κ1) is 13.5. The highest BCUT2D eigenvalue weighted by Crippen LogP contribution is 2.34. The number of Topliss-reactive ketones (excluding diaryl/α,β-unsaturated/α-hetero) is 1. The molecular weight excluding hydrogens is 290 g/mol.